The zero-order valence-corrected chi connectivity index (χ0v) is 16.1. The molecule has 0 spiro atoms. The molecular formula is C22H26N4O. The van der Waals surface area contributed by atoms with Crippen LogP contribution in [0.1, 0.15) is 48.8 Å². The Hall–Kier alpha value is -3.00. The smallest absolute Gasteiger partial charge is 0.258 e. The number of carbonyl (C=O) groups is 1. The van der Waals surface area contributed by atoms with E-state index in [1.807, 2.05) is 48.3 Å². The predicted molar refractivity (Wildman–Crippen MR) is 109 cm³/mol. The van der Waals surface area contributed by atoms with Gasteiger partial charge in [-0.15, -0.1) is 0 Å². The number of anilines is 2. The van der Waals surface area contributed by atoms with Crippen molar-refractivity contribution in [1.29, 1.82) is 5.26 Å². The van der Waals surface area contributed by atoms with Crippen molar-refractivity contribution in [2.45, 2.75) is 38.9 Å². The summed E-state index contributed by atoms with van der Waals surface area (Å²) in [6.45, 7) is 4.88. The Kier molecular flexibility index (Phi) is 5.66. The van der Waals surface area contributed by atoms with E-state index in [0.29, 0.717) is 13.0 Å². The Morgan fingerprint density at radius 2 is 1.93 bits per heavy atom. The van der Waals surface area contributed by atoms with Gasteiger partial charge in [0.25, 0.3) is 5.91 Å². The Balaban J connectivity index is 1.91. The molecule has 5 nitrogen and oxygen atoms in total. The minimum absolute atomic E-state index is 0.0684. The van der Waals surface area contributed by atoms with Crippen LogP contribution in [0.25, 0.3) is 0 Å². The second-order valence-electron chi connectivity index (χ2n) is 6.98. The maximum absolute atomic E-state index is 13.1. The summed E-state index contributed by atoms with van der Waals surface area (Å²) in [5.41, 5.74) is 3.71. The van der Waals surface area contributed by atoms with Crippen LogP contribution in [0, 0.1) is 11.3 Å². The van der Waals surface area contributed by atoms with Gasteiger partial charge in [-0.1, -0.05) is 31.2 Å². The fourth-order valence-electron chi connectivity index (χ4n) is 3.42. The number of carbonyl (C=O) groups excluding carboxylic acids is 1. The second-order valence-corrected chi connectivity index (χ2v) is 6.98. The van der Waals surface area contributed by atoms with Crippen LogP contribution >= 0.6 is 0 Å². The van der Waals surface area contributed by atoms with Crippen molar-refractivity contribution in [1.82, 2.24) is 4.90 Å². The fourth-order valence-corrected chi connectivity index (χ4v) is 3.42. The van der Waals surface area contributed by atoms with Gasteiger partial charge in [-0.05, 0) is 43.2 Å². The molecule has 5 heteroatoms. The lowest BCUT2D eigenvalue weighted by molar-refractivity contribution is 0.0593. The normalized spacial score (nSPS) is 16.9. The Morgan fingerprint density at radius 1 is 1.22 bits per heavy atom. The Morgan fingerprint density at radius 3 is 2.59 bits per heavy atom. The maximum atomic E-state index is 13.1. The average molecular weight is 362 g/mol. The number of benzene rings is 2. The molecule has 27 heavy (non-hydrogen) atoms. The largest absolute Gasteiger partial charge is 0.374 e. The van der Waals surface area contributed by atoms with E-state index in [9.17, 15) is 4.79 Å². The van der Waals surface area contributed by atoms with Crippen LogP contribution in [0.3, 0.4) is 0 Å². The zero-order valence-electron chi connectivity index (χ0n) is 16.1. The molecule has 1 N–H and O–H groups in total. The highest BCUT2D eigenvalue weighted by Crippen LogP contribution is 2.35. The molecule has 2 atom stereocenters. The molecule has 1 aliphatic heterocycles. The third-order valence-corrected chi connectivity index (χ3v) is 5.24. The number of nitrogens with one attached hydrogen (secondary N) is 1. The van der Waals surface area contributed by atoms with Gasteiger partial charge in [-0.3, -0.25) is 4.79 Å². The van der Waals surface area contributed by atoms with E-state index in [-0.39, 0.29) is 18.1 Å². The molecule has 1 amide bonds. The van der Waals surface area contributed by atoms with Gasteiger partial charge in [0.1, 0.15) is 6.17 Å². The van der Waals surface area contributed by atoms with Crippen LogP contribution in [0.15, 0.2) is 48.5 Å². The molecule has 0 aliphatic carbocycles. The summed E-state index contributed by atoms with van der Waals surface area (Å²) in [6, 6.07) is 18.2. The first kappa shape index (κ1) is 18.8. The second kappa shape index (κ2) is 8.13. The van der Waals surface area contributed by atoms with Crippen molar-refractivity contribution in [3.8, 4) is 6.07 Å². The topological polar surface area (TPSA) is 59.4 Å². The molecule has 0 radical (unpaired) electrons. The summed E-state index contributed by atoms with van der Waals surface area (Å²) in [6.07, 6.45) is 1.19. The van der Waals surface area contributed by atoms with Gasteiger partial charge in [-0.2, -0.15) is 5.26 Å². The third kappa shape index (κ3) is 3.75. The number of hydrogen-bond acceptors (Lipinski definition) is 4. The van der Waals surface area contributed by atoms with Crippen LogP contribution in [-0.4, -0.2) is 30.4 Å². The van der Waals surface area contributed by atoms with Crippen molar-refractivity contribution in [3.63, 3.8) is 0 Å². The number of nitrogens with zero attached hydrogens (tertiary/aromatic N) is 3. The van der Waals surface area contributed by atoms with Crippen LogP contribution in [0.2, 0.25) is 0 Å². The molecule has 0 unspecified atom stereocenters. The monoisotopic (exact) mass is 362 g/mol. The SMILES string of the molecule is CC[C@@H](C)N1C(=O)c2ccccc2N[C@H]1c1ccc(N(C)CCC#N)cc1. The average Bonchev–Trinajstić information content (AvgIpc) is 2.71. The molecule has 0 aromatic heterocycles. The molecule has 1 aliphatic rings. The molecule has 0 saturated carbocycles. The van der Waals surface area contributed by atoms with Crippen molar-refractivity contribution >= 4 is 17.3 Å². The molecule has 0 fully saturated rings. The quantitative estimate of drug-likeness (QED) is 0.827. The number of hydrogen-bond donors (Lipinski definition) is 1. The lowest BCUT2D eigenvalue weighted by atomic mass is 10.0. The first-order chi connectivity index (χ1) is 13.1. The third-order valence-electron chi connectivity index (χ3n) is 5.24. The molecule has 1 heterocycles. The number of rotatable bonds is 6. The summed E-state index contributed by atoms with van der Waals surface area (Å²) in [5, 5.41) is 12.3. The molecule has 0 saturated heterocycles. The minimum Gasteiger partial charge on any atom is -0.374 e. The summed E-state index contributed by atoms with van der Waals surface area (Å²) in [7, 11) is 1.98. The predicted octanol–water partition coefficient (Wildman–Crippen LogP) is 4.40. The lowest BCUT2D eigenvalue weighted by Gasteiger charge is -2.41. The Bertz CT molecular complexity index is 840. The van der Waals surface area contributed by atoms with Crippen molar-refractivity contribution in [3.05, 3.63) is 59.7 Å². The van der Waals surface area contributed by atoms with Gasteiger partial charge in [0.15, 0.2) is 0 Å². The minimum atomic E-state index is -0.194. The summed E-state index contributed by atoms with van der Waals surface area (Å²) in [5.74, 6) is 0.0684. The molecule has 2 aromatic rings. The number of amides is 1. The molecule has 140 valence electrons. The Labute approximate surface area is 161 Å². The van der Waals surface area contributed by atoms with Crippen LogP contribution in [-0.2, 0) is 0 Å². The van der Waals surface area contributed by atoms with E-state index in [0.717, 1.165) is 28.9 Å². The summed E-state index contributed by atoms with van der Waals surface area (Å²) >= 11 is 0. The van der Waals surface area contributed by atoms with E-state index in [4.69, 9.17) is 5.26 Å². The van der Waals surface area contributed by atoms with Crippen LogP contribution < -0.4 is 10.2 Å². The van der Waals surface area contributed by atoms with E-state index in [2.05, 4.69) is 42.3 Å². The van der Waals surface area contributed by atoms with Crippen molar-refractivity contribution in [2.75, 3.05) is 23.8 Å². The number of para-hydroxylation sites is 1. The van der Waals surface area contributed by atoms with E-state index in [1.165, 1.54) is 0 Å². The van der Waals surface area contributed by atoms with E-state index < -0.39 is 0 Å². The zero-order chi connectivity index (χ0) is 19.4. The first-order valence-corrected chi connectivity index (χ1v) is 9.43. The van der Waals surface area contributed by atoms with Gasteiger partial charge in [0.2, 0.25) is 0 Å². The van der Waals surface area contributed by atoms with Crippen LogP contribution in [0.5, 0.6) is 0 Å². The molecular weight excluding hydrogens is 336 g/mol. The lowest BCUT2D eigenvalue weighted by Crippen LogP contribution is -2.47. The first-order valence-electron chi connectivity index (χ1n) is 9.43. The molecule has 2 aromatic carbocycles. The van der Waals surface area contributed by atoms with Crippen molar-refractivity contribution < 1.29 is 4.79 Å². The highest BCUT2D eigenvalue weighted by molar-refractivity contribution is 6.01. The standard InChI is InChI=1S/C22H26N4O/c1-4-16(2)26-21(24-20-9-6-5-8-19(20)22(26)27)17-10-12-18(13-11-17)25(3)15-7-14-23/h5-6,8-13,16,21,24H,4,7,15H2,1-3H3/t16-,21-/m1/s1. The van der Waals surface area contributed by atoms with Gasteiger partial charge >= 0.3 is 0 Å². The summed E-state index contributed by atoms with van der Waals surface area (Å²) in [4.78, 5) is 17.1. The van der Waals surface area contributed by atoms with Crippen LogP contribution in [0.4, 0.5) is 11.4 Å². The van der Waals surface area contributed by atoms with Gasteiger partial charge in [0, 0.05) is 31.0 Å². The number of nitriles is 1. The van der Waals surface area contributed by atoms with E-state index in [1.54, 1.807) is 0 Å². The van der Waals surface area contributed by atoms with Gasteiger partial charge in [0.05, 0.1) is 18.1 Å². The molecule has 0 bridgehead atoms. The van der Waals surface area contributed by atoms with E-state index >= 15 is 0 Å². The van der Waals surface area contributed by atoms with Gasteiger partial charge in [-0.25, -0.2) is 0 Å². The summed E-state index contributed by atoms with van der Waals surface area (Å²) < 4.78 is 0. The van der Waals surface area contributed by atoms with Gasteiger partial charge < -0.3 is 15.1 Å². The highest BCUT2D eigenvalue weighted by atomic mass is 16.2. The van der Waals surface area contributed by atoms with Crippen molar-refractivity contribution in [2.24, 2.45) is 0 Å². The highest BCUT2D eigenvalue weighted by Gasteiger charge is 2.35. The fraction of sp³-hybridized carbons (Fsp3) is 0.364. The maximum Gasteiger partial charge on any atom is 0.258 e. The molecule has 3 rings (SSSR count). The number of fused-ring (bicyclic) bond motifs is 1.